The molecule has 0 aromatic carbocycles. The molecule has 0 atom stereocenters. The van der Waals surface area contributed by atoms with Crippen molar-refractivity contribution in [2.24, 2.45) is 0 Å². The van der Waals surface area contributed by atoms with Crippen LogP contribution in [-0.4, -0.2) is 23.7 Å². The molecular formula is C30H56O4. The van der Waals surface area contributed by atoms with Gasteiger partial charge in [0, 0.05) is 12.8 Å². The van der Waals surface area contributed by atoms with Crippen LogP contribution in [0, 0.1) is 0 Å². The third-order valence-corrected chi connectivity index (χ3v) is 6.44. The second kappa shape index (κ2) is 27.9. The number of unbranched alkanes of at least 4 members (excludes halogenated alkanes) is 19. The zero-order chi connectivity index (χ0) is 25.0. The number of carboxylic acids is 1. The van der Waals surface area contributed by atoms with Crippen molar-refractivity contribution >= 4 is 11.9 Å². The average molecular weight is 481 g/mol. The van der Waals surface area contributed by atoms with Gasteiger partial charge in [-0.3, -0.25) is 9.59 Å². The lowest BCUT2D eigenvalue weighted by Gasteiger charge is -2.05. The summed E-state index contributed by atoms with van der Waals surface area (Å²) in [6.07, 6.45) is 32.0. The summed E-state index contributed by atoms with van der Waals surface area (Å²) in [6, 6.07) is 0. The number of allylic oxidation sites excluding steroid dienone is 2. The molecular weight excluding hydrogens is 424 g/mol. The van der Waals surface area contributed by atoms with Crippen LogP contribution in [0.25, 0.3) is 0 Å². The van der Waals surface area contributed by atoms with E-state index in [4.69, 9.17) is 9.84 Å². The largest absolute Gasteiger partial charge is 0.481 e. The minimum Gasteiger partial charge on any atom is -0.481 e. The fraction of sp³-hybridized carbons (Fsp3) is 0.867. The number of carbonyl (C=O) groups is 2. The molecule has 0 saturated carbocycles. The molecule has 0 saturated heterocycles. The fourth-order valence-corrected chi connectivity index (χ4v) is 4.21. The lowest BCUT2D eigenvalue weighted by atomic mass is 10.1. The van der Waals surface area contributed by atoms with Crippen molar-refractivity contribution in [1.29, 1.82) is 0 Å². The third-order valence-electron chi connectivity index (χ3n) is 6.44. The predicted molar refractivity (Wildman–Crippen MR) is 144 cm³/mol. The molecule has 0 aromatic rings. The lowest BCUT2D eigenvalue weighted by molar-refractivity contribution is -0.144. The van der Waals surface area contributed by atoms with Crippen LogP contribution in [0.1, 0.15) is 161 Å². The standard InChI is InChI=1S/C30H56O4/c1-2-3-4-5-6-7-8-9-10-11-12-15-18-21-24-27-30(33)34-28-25-22-19-16-13-14-17-20-23-26-29(31)32/h9-10H,2-8,11-28H2,1H3,(H,31,32). The Hall–Kier alpha value is -1.32. The highest BCUT2D eigenvalue weighted by molar-refractivity contribution is 5.69. The first kappa shape index (κ1) is 32.7. The van der Waals surface area contributed by atoms with Gasteiger partial charge in [0.1, 0.15) is 0 Å². The van der Waals surface area contributed by atoms with Gasteiger partial charge < -0.3 is 9.84 Å². The lowest BCUT2D eigenvalue weighted by Crippen LogP contribution is -2.05. The molecule has 34 heavy (non-hydrogen) atoms. The van der Waals surface area contributed by atoms with E-state index < -0.39 is 5.97 Å². The van der Waals surface area contributed by atoms with Gasteiger partial charge in [-0.25, -0.2) is 0 Å². The molecule has 0 spiro atoms. The van der Waals surface area contributed by atoms with Gasteiger partial charge >= 0.3 is 11.9 Å². The summed E-state index contributed by atoms with van der Waals surface area (Å²) in [5, 5.41) is 8.59. The van der Waals surface area contributed by atoms with Crippen LogP contribution in [0.2, 0.25) is 0 Å². The molecule has 0 aliphatic heterocycles. The first-order chi connectivity index (χ1) is 16.7. The highest BCUT2D eigenvalue weighted by Crippen LogP contribution is 2.12. The fourth-order valence-electron chi connectivity index (χ4n) is 4.21. The highest BCUT2D eigenvalue weighted by atomic mass is 16.5. The van der Waals surface area contributed by atoms with Gasteiger partial charge in [-0.1, -0.05) is 115 Å². The van der Waals surface area contributed by atoms with Gasteiger partial charge in [0.2, 0.25) is 0 Å². The summed E-state index contributed by atoms with van der Waals surface area (Å²) in [7, 11) is 0. The molecule has 0 amide bonds. The summed E-state index contributed by atoms with van der Waals surface area (Å²) in [5.74, 6) is -0.715. The topological polar surface area (TPSA) is 63.6 Å². The Morgan fingerprint density at radius 3 is 1.47 bits per heavy atom. The van der Waals surface area contributed by atoms with E-state index in [0.717, 1.165) is 44.9 Å². The molecule has 0 heterocycles. The molecule has 0 fully saturated rings. The van der Waals surface area contributed by atoms with Gasteiger partial charge in [0.05, 0.1) is 6.61 Å². The summed E-state index contributed by atoms with van der Waals surface area (Å²) < 4.78 is 5.36. The predicted octanol–water partition coefficient (Wildman–Crippen LogP) is 9.55. The van der Waals surface area contributed by atoms with E-state index >= 15 is 0 Å². The SMILES string of the molecule is CCCCCCCCC=CCCCCCCCC(=O)OCCCCCCCCCCCC(=O)O. The van der Waals surface area contributed by atoms with Crippen molar-refractivity contribution < 1.29 is 19.4 Å². The highest BCUT2D eigenvalue weighted by Gasteiger charge is 2.02. The Kier molecular flexibility index (Phi) is 26.8. The van der Waals surface area contributed by atoms with Gasteiger partial charge in [-0.15, -0.1) is 0 Å². The van der Waals surface area contributed by atoms with Crippen LogP contribution < -0.4 is 0 Å². The molecule has 4 nitrogen and oxygen atoms in total. The van der Waals surface area contributed by atoms with E-state index in [1.807, 2.05) is 0 Å². The smallest absolute Gasteiger partial charge is 0.305 e. The van der Waals surface area contributed by atoms with Gasteiger partial charge in [0.15, 0.2) is 0 Å². The molecule has 0 unspecified atom stereocenters. The zero-order valence-electron chi connectivity index (χ0n) is 22.5. The number of esters is 1. The Morgan fingerprint density at radius 1 is 0.559 bits per heavy atom. The van der Waals surface area contributed by atoms with Crippen molar-refractivity contribution in [1.82, 2.24) is 0 Å². The van der Waals surface area contributed by atoms with Crippen LogP contribution in [0.4, 0.5) is 0 Å². The number of carboxylic acid groups (broad SMARTS) is 1. The van der Waals surface area contributed by atoms with Crippen molar-refractivity contribution in [2.75, 3.05) is 6.61 Å². The van der Waals surface area contributed by atoms with Gasteiger partial charge in [-0.05, 0) is 44.9 Å². The monoisotopic (exact) mass is 480 g/mol. The molecule has 0 aliphatic rings. The van der Waals surface area contributed by atoms with Crippen LogP contribution in [-0.2, 0) is 14.3 Å². The Labute approximate surface area is 211 Å². The summed E-state index contributed by atoms with van der Waals surface area (Å²) >= 11 is 0. The van der Waals surface area contributed by atoms with Crippen LogP contribution in [0.5, 0.6) is 0 Å². The second-order valence-corrected chi connectivity index (χ2v) is 9.88. The maximum Gasteiger partial charge on any atom is 0.305 e. The molecule has 200 valence electrons. The molecule has 1 N–H and O–H groups in total. The first-order valence-electron chi connectivity index (χ1n) is 14.7. The Balaban J connectivity index is 3.21. The van der Waals surface area contributed by atoms with E-state index in [1.54, 1.807) is 0 Å². The molecule has 4 heteroatoms. The maximum absolute atomic E-state index is 11.8. The van der Waals surface area contributed by atoms with E-state index in [9.17, 15) is 9.59 Å². The summed E-state index contributed by atoms with van der Waals surface area (Å²) in [5.41, 5.74) is 0. The molecule has 0 aromatic heterocycles. The zero-order valence-corrected chi connectivity index (χ0v) is 22.5. The van der Waals surface area contributed by atoms with Crippen LogP contribution in [0.3, 0.4) is 0 Å². The number of carbonyl (C=O) groups excluding carboxylic acids is 1. The number of aliphatic carboxylic acids is 1. The van der Waals surface area contributed by atoms with Crippen molar-refractivity contribution in [3.05, 3.63) is 12.2 Å². The van der Waals surface area contributed by atoms with E-state index in [2.05, 4.69) is 19.1 Å². The molecule has 0 aliphatic carbocycles. The second-order valence-electron chi connectivity index (χ2n) is 9.88. The van der Waals surface area contributed by atoms with Crippen LogP contribution in [0.15, 0.2) is 12.2 Å². The third kappa shape index (κ3) is 28.7. The minimum atomic E-state index is -0.687. The average Bonchev–Trinajstić information content (AvgIpc) is 2.82. The van der Waals surface area contributed by atoms with E-state index in [0.29, 0.717) is 19.4 Å². The summed E-state index contributed by atoms with van der Waals surface area (Å²) in [6.45, 7) is 2.84. The molecule has 0 rings (SSSR count). The normalized spacial score (nSPS) is 11.3. The van der Waals surface area contributed by atoms with E-state index in [-0.39, 0.29) is 5.97 Å². The Bertz CT molecular complexity index is 472. The van der Waals surface area contributed by atoms with Crippen molar-refractivity contribution in [2.45, 2.75) is 161 Å². The summed E-state index contributed by atoms with van der Waals surface area (Å²) in [4.78, 5) is 22.2. The van der Waals surface area contributed by atoms with Crippen LogP contribution >= 0.6 is 0 Å². The number of rotatable bonds is 27. The van der Waals surface area contributed by atoms with Crippen molar-refractivity contribution in [3.8, 4) is 0 Å². The van der Waals surface area contributed by atoms with Crippen molar-refractivity contribution in [3.63, 3.8) is 0 Å². The van der Waals surface area contributed by atoms with Gasteiger partial charge in [0.25, 0.3) is 0 Å². The number of hydrogen-bond acceptors (Lipinski definition) is 3. The first-order valence-corrected chi connectivity index (χ1v) is 14.7. The quantitative estimate of drug-likeness (QED) is 0.0722. The van der Waals surface area contributed by atoms with E-state index in [1.165, 1.54) is 96.3 Å². The molecule has 0 radical (unpaired) electrons. The minimum absolute atomic E-state index is 0.0287. The van der Waals surface area contributed by atoms with Gasteiger partial charge in [-0.2, -0.15) is 0 Å². The maximum atomic E-state index is 11.8. The molecule has 0 bridgehead atoms. The number of ether oxygens (including phenoxy) is 1. The Morgan fingerprint density at radius 2 is 0.971 bits per heavy atom. The number of hydrogen-bond donors (Lipinski definition) is 1.